The van der Waals surface area contributed by atoms with Crippen LogP contribution in [0.3, 0.4) is 0 Å². The number of carbonyl (C=O) groups is 1. The van der Waals surface area contributed by atoms with Crippen molar-refractivity contribution in [3.8, 4) is 11.5 Å². The van der Waals surface area contributed by atoms with Gasteiger partial charge in [-0.2, -0.15) is 0 Å². The first-order chi connectivity index (χ1) is 13.1. The minimum absolute atomic E-state index is 0.0543. The van der Waals surface area contributed by atoms with E-state index in [0.717, 1.165) is 12.0 Å². The van der Waals surface area contributed by atoms with Crippen LogP contribution in [-0.2, 0) is 13.0 Å². The largest absolute Gasteiger partial charge is 0.457 e. The van der Waals surface area contributed by atoms with Crippen molar-refractivity contribution in [1.29, 1.82) is 0 Å². The van der Waals surface area contributed by atoms with Crippen molar-refractivity contribution in [3.63, 3.8) is 0 Å². The highest BCUT2D eigenvalue weighted by molar-refractivity contribution is 5.94. The molecule has 0 unspecified atom stereocenters. The van der Waals surface area contributed by atoms with Gasteiger partial charge in [-0.1, -0.05) is 12.1 Å². The number of H-pyrrole nitrogens is 1. The van der Waals surface area contributed by atoms with Gasteiger partial charge in [0, 0.05) is 19.4 Å². The van der Waals surface area contributed by atoms with Crippen molar-refractivity contribution in [2.75, 3.05) is 13.6 Å². The van der Waals surface area contributed by atoms with Crippen molar-refractivity contribution >= 4 is 5.91 Å². The minimum Gasteiger partial charge on any atom is -0.457 e. The Morgan fingerprint density at radius 1 is 1.22 bits per heavy atom. The van der Waals surface area contributed by atoms with Crippen LogP contribution in [0.5, 0.6) is 11.5 Å². The number of nitrogens with zero attached hydrogens (tertiary/aromatic N) is 2. The first kappa shape index (κ1) is 18.6. The van der Waals surface area contributed by atoms with E-state index in [1.807, 2.05) is 24.3 Å². The van der Waals surface area contributed by atoms with Gasteiger partial charge < -0.3 is 20.4 Å². The summed E-state index contributed by atoms with van der Waals surface area (Å²) in [6.07, 6.45) is 4.06. The molecule has 0 atom stereocenters. The Morgan fingerprint density at radius 3 is 2.63 bits per heavy atom. The van der Waals surface area contributed by atoms with Crippen LogP contribution < -0.4 is 10.5 Å². The number of carbonyl (C=O) groups excluding carboxylic acids is 1. The third-order valence-electron chi connectivity index (χ3n) is 4.05. The van der Waals surface area contributed by atoms with Crippen molar-refractivity contribution in [1.82, 2.24) is 14.9 Å². The maximum Gasteiger partial charge on any atom is 0.257 e. The average Bonchev–Trinajstić information content (AvgIpc) is 3.17. The summed E-state index contributed by atoms with van der Waals surface area (Å²) in [5.41, 5.74) is 6.60. The van der Waals surface area contributed by atoms with Gasteiger partial charge in [-0.15, -0.1) is 0 Å². The van der Waals surface area contributed by atoms with Crippen molar-refractivity contribution < 1.29 is 13.9 Å². The molecule has 0 saturated carbocycles. The van der Waals surface area contributed by atoms with Crippen LogP contribution in [-0.4, -0.2) is 34.4 Å². The second kappa shape index (κ2) is 8.46. The summed E-state index contributed by atoms with van der Waals surface area (Å²) < 4.78 is 20.0. The lowest BCUT2D eigenvalue weighted by Gasteiger charge is -2.17. The zero-order valence-corrected chi connectivity index (χ0v) is 15.0. The fourth-order valence-corrected chi connectivity index (χ4v) is 2.65. The lowest BCUT2D eigenvalue weighted by Crippen LogP contribution is -2.27. The number of ether oxygens (including phenoxy) is 1. The van der Waals surface area contributed by atoms with E-state index in [0.29, 0.717) is 23.9 Å². The number of benzene rings is 2. The smallest absolute Gasteiger partial charge is 0.257 e. The highest BCUT2D eigenvalue weighted by Gasteiger charge is 2.18. The van der Waals surface area contributed by atoms with Crippen molar-refractivity contribution in [3.05, 3.63) is 77.6 Å². The molecule has 3 N–H and O–H groups in total. The molecule has 0 bridgehead atoms. The van der Waals surface area contributed by atoms with Gasteiger partial charge in [0.05, 0.1) is 12.1 Å². The van der Waals surface area contributed by atoms with Gasteiger partial charge in [0.1, 0.15) is 23.1 Å². The van der Waals surface area contributed by atoms with Crippen molar-refractivity contribution in [2.24, 2.45) is 5.73 Å². The van der Waals surface area contributed by atoms with E-state index in [-0.39, 0.29) is 12.1 Å². The molecule has 0 saturated heterocycles. The van der Waals surface area contributed by atoms with Crippen molar-refractivity contribution in [2.45, 2.75) is 13.0 Å². The lowest BCUT2D eigenvalue weighted by atomic mass is 10.1. The Kier molecular flexibility index (Phi) is 5.83. The molecule has 6 nitrogen and oxygen atoms in total. The Labute approximate surface area is 156 Å². The number of nitrogens with one attached hydrogen (secondary N) is 1. The normalized spacial score (nSPS) is 10.6. The summed E-state index contributed by atoms with van der Waals surface area (Å²) in [6.45, 7) is 0.828. The molecule has 3 aromatic rings. The van der Waals surface area contributed by atoms with Gasteiger partial charge in [-0.3, -0.25) is 4.79 Å². The number of halogens is 1. The summed E-state index contributed by atoms with van der Waals surface area (Å²) in [6, 6.07) is 11.6. The number of imidazole rings is 1. The molecule has 1 aromatic heterocycles. The van der Waals surface area contributed by atoms with Crippen LogP contribution in [0.4, 0.5) is 4.39 Å². The summed E-state index contributed by atoms with van der Waals surface area (Å²) >= 11 is 0. The van der Waals surface area contributed by atoms with E-state index in [1.165, 1.54) is 23.1 Å². The summed E-state index contributed by atoms with van der Waals surface area (Å²) in [5, 5.41) is 0. The van der Waals surface area contributed by atoms with Crippen LogP contribution in [0.25, 0.3) is 0 Å². The molecule has 0 radical (unpaired) electrons. The third-order valence-corrected chi connectivity index (χ3v) is 4.05. The highest BCUT2D eigenvalue weighted by Crippen LogP contribution is 2.25. The monoisotopic (exact) mass is 368 g/mol. The predicted octanol–water partition coefficient (Wildman–Crippen LogP) is 3.11. The maximum atomic E-state index is 14.2. The number of aromatic nitrogens is 2. The molecule has 0 aliphatic heterocycles. The van der Waals surface area contributed by atoms with E-state index in [9.17, 15) is 9.18 Å². The Morgan fingerprint density at radius 2 is 1.96 bits per heavy atom. The zero-order valence-electron chi connectivity index (χ0n) is 15.0. The number of amides is 1. The molecule has 0 spiro atoms. The van der Waals surface area contributed by atoms with Gasteiger partial charge >= 0.3 is 0 Å². The molecule has 0 aliphatic rings. The van der Waals surface area contributed by atoms with E-state index < -0.39 is 11.7 Å². The Hall–Kier alpha value is -3.19. The zero-order chi connectivity index (χ0) is 19.2. The maximum absolute atomic E-state index is 14.2. The van der Waals surface area contributed by atoms with E-state index in [4.69, 9.17) is 10.5 Å². The number of hydrogen-bond acceptors (Lipinski definition) is 4. The first-order valence-corrected chi connectivity index (χ1v) is 8.57. The molecule has 0 fully saturated rings. The standard InChI is InChI=1S/C20H21FN4O2/c1-25(13-19-23-10-11-24-19)20(26)17-12-16(6-7-18(17)21)27-15-4-2-14(3-5-15)8-9-22/h2-7,10-12H,8-9,13,22H2,1H3,(H,23,24). The van der Waals surface area contributed by atoms with E-state index in [2.05, 4.69) is 9.97 Å². The van der Waals surface area contributed by atoms with Crippen LogP contribution in [0, 0.1) is 5.82 Å². The van der Waals surface area contributed by atoms with Crippen LogP contribution >= 0.6 is 0 Å². The molecule has 7 heteroatoms. The SMILES string of the molecule is CN(Cc1ncc[nH]1)C(=O)c1cc(Oc2ccc(CCN)cc2)ccc1F. The minimum atomic E-state index is -0.600. The highest BCUT2D eigenvalue weighted by atomic mass is 19.1. The van der Waals surface area contributed by atoms with Gasteiger partial charge in [0.25, 0.3) is 5.91 Å². The van der Waals surface area contributed by atoms with Gasteiger partial charge in [0.2, 0.25) is 0 Å². The molecule has 1 heterocycles. The van der Waals surface area contributed by atoms with Crippen LogP contribution in [0.2, 0.25) is 0 Å². The Balaban J connectivity index is 1.74. The predicted molar refractivity (Wildman–Crippen MR) is 100 cm³/mol. The van der Waals surface area contributed by atoms with Crippen LogP contribution in [0.15, 0.2) is 54.9 Å². The van der Waals surface area contributed by atoms with Gasteiger partial charge in [-0.25, -0.2) is 9.37 Å². The topological polar surface area (TPSA) is 84.2 Å². The van der Waals surface area contributed by atoms with Crippen LogP contribution in [0.1, 0.15) is 21.7 Å². The van der Waals surface area contributed by atoms with Gasteiger partial charge in [0.15, 0.2) is 0 Å². The van der Waals surface area contributed by atoms with E-state index >= 15 is 0 Å². The molecule has 140 valence electrons. The second-order valence-electron chi connectivity index (χ2n) is 6.12. The number of hydrogen-bond donors (Lipinski definition) is 2. The molecule has 27 heavy (non-hydrogen) atoms. The molecule has 3 rings (SSSR count). The number of rotatable bonds is 7. The average molecular weight is 368 g/mol. The summed E-state index contributed by atoms with van der Waals surface area (Å²) in [5.74, 6) is 0.559. The lowest BCUT2D eigenvalue weighted by molar-refractivity contribution is 0.0777. The molecule has 2 aromatic carbocycles. The molecule has 0 aliphatic carbocycles. The quantitative estimate of drug-likeness (QED) is 0.671. The fourth-order valence-electron chi connectivity index (χ4n) is 2.65. The molecular formula is C20H21FN4O2. The number of aromatic amines is 1. The molecular weight excluding hydrogens is 347 g/mol. The summed E-state index contributed by atoms with van der Waals surface area (Å²) in [7, 11) is 1.59. The Bertz CT molecular complexity index is 895. The summed E-state index contributed by atoms with van der Waals surface area (Å²) in [4.78, 5) is 21.0. The molecule has 1 amide bonds. The van der Waals surface area contributed by atoms with Gasteiger partial charge in [-0.05, 0) is 48.9 Å². The van der Waals surface area contributed by atoms with E-state index in [1.54, 1.807) is 19.4 Å². The first-order valence-electron chi connectivity index (χ1n) is 8.57. The second-order valence-corrected chi connectivity index (χ2v) is 6.12. The number of nitrogens with two attached hydrogens (primary N) is 1. The third kappa shape index (κ3) is 4.71. The fraction of sp³-hybridized carbons (Fsp3) is 0.200.